The topological polar surface area (TPSA) is 63.1 Å². The van der Waals surface area contributed by atoms with Gasteiger partial charge in [0, 0.05) is 38.2 Å². The number of halogens is 1. The Balaban J connectivity index is 1.35. The van der Waals surface area contributed by atoms with Crippen LogP contribution in [-0.4, -0.2) is 38.7 Å². The minimum atomic E-state index is -0.428. The molecule has 0 bridgehead atoms. The summed E-state index contributed by atoms with van der Waals surface area (Å²) >= 11 is 0. The lowest BCUT2D eigenvalue weighted by molar-refractivity contribution is 0.0949. The van der Waals surface area contributed by atoms with Crippen LogP contribution in [0.2, 0.25) is 0 Å². The van der Waals surface area contributed by atoms with Crippen molar-refractivity contribution in [3.05, 3.63) is 82.7 Å². The lowest BCUT2D eigenvalue weighted by Crippen LogP contribution is -2.28. The average Bonchev–Trinajstić information content (AvgIpc) is 3.04. The molecule has 0 spiro atoms. The van der Waals surface area contributed by atoms with Gasteiger partial charge in [-0.1, -0.05) is 44.2 Å². The Bertz CT molecular complexity index is 1040. The van der Waals surface area contributed by atoms with E-state index in [-0.39, 0.29) is 12.5 Å². The summed E-state index contributed by atoms with van der Waals surface area (Å²) in [6.07, 6.45) is 0.814. The molecule has 3 aromatic rings. The maximum atomic E-state index is 13.3. The molecular weight excluding hydrogens is 393 g/mol. The number of hydrogen-bond donors (Lipinski definition) is 1. The molecule has 2 aromatic carbocycles. The van der Waals surface area contributed by atoms with Crippen molar-refractivity contribution in [3.63, 3.8) is 0 Å². The highest BCUT2D eigenvalue weighted by molar-refractivity contribution is 5.94. The number of amides is 1. The first kappa shape index (κ1) is 21.2. The molecule has 1 aliphatic rings. The predicted octanol–water partition coefficient (Wildman–Crippen LogP) is 3.53. The van der Waals surface area contributed by atoms with Gasteiger partial charge >= 0.3 is 0 Å². The number of hydrogen-bond acceptors (Lipinski definition) is 4. The van der Waals surface area contributed by atoms with Crippen LogP contribution in [0.3, 0.4) is 0 Å². The smallest absolute Gasteiger partial charge is 0.251 e. The lowest BCUT2D eigenvalue weighted by Gasteiger charge is -2.20. The Morgan fingerprint density at radius 2 is 1.90 bits per heavy atom. The number of fused-ring (bicyclic) bond motifs is 1. The van der Waals surface area contributed by atoms with Gasteiger partial charge in [0.1, 0.15) is 11.6 Å². The van der Waals surface area contributed by atoms with E-state index in [0.717, 1.165) is 44.2 Å². The number of carbonyl (C=O) groups is 1. The second kappa shape index (κ2) is 9.39. The predicted molar refractivity (Wildman–Crippen MR) is 117 cm³/mol. The molecule has 162 valence electrons. The van der Waals surface area contributed by atoms with Gasteiger partial charge in [0.25, 0.3) is 5.91 Å². The van der Waals surface area contributed by atoms with Gasteiger partial charge in [0.15, 0.2) is 5.82 Å². The molecule has 0 saturated heterocycles. The second-order valence-corrected chi connectivity index (χ2v) is 8.30. The molecule has 0 aliphatic carbocycles. The molecule has 0 fully saturated rings. The molecule has 6 nitrogen and oxygen atoms in total. The van der Waals surface area contributed by atoms with Crippen molar-refractivity contribution in [2.45, 2.75) is 45.8 Å². The van der Waals surface area contributed by atoms with E-state index in [1.807, 2.05) is 0 Å². The van der Waals surface area contributed by atoms with Gasteiger partial charge in [-0.25, -0.2) is 4.39 Å². The normalized spacial score (nSPS) is 14.3. The van der Waals surface area contributed by atoms with E-state index >= 15 is 0 Å². The first-order valence-electron chi connectivity index (χ1n) is 10.8. The molecule has 1 amide bonds. The van der Waals surface area contributed by atoms with Crippen molar-refractivity contribution < 1.29 is 9.18 Å². The molecule has 0 unspecified atom stereocenters. The van der Waals surface area contributed by atoms with Crippen molar-refractivity contribution in [2.75, 3.05) is 13.1 Å². The van der Waals surface area contributed by atoms with Gasteiger partial charge in [-0.05, 0) is 35.2 Å². The Morgan fingerprint density at radius 3 is 2.65 bits per heavy atom. The van der Waals surface area contributed by atoms with Crippen molar-refractivity contribution in [1.29, 1.82) is 0 Å². The van der Waals surface area contributed by atoms with Crippen LogP contribution in [0.4, 0.5) is 4.39 Å². The molecule has 1 aliphatic heterocycles. The summed E-state index contributed by atoms with van der Waals surface area (Å²) in [5.41, 5.74) is 2.96. The Labute approximate surface area is 182 Å². The van der Waals surface area contributed by atoms with Crippen LogP contribution < -0.4 is 5.32 Å². The fourth-order valence-corrected chi connectivity index (χ4v) is 3.87. The maximum absolute atomic E-state index is 13.3. The van der Waals surface area contributed by atoms with Crippen LogP contribution in [0.15, 0.2) is 48.5 Å². The van der Waals surface area contributed by atoms with Crippen LogP contribution in [0.1, 0.15) is 52.9 Å². The van der Waals surface area contributed by atoms with E-state index in [1.165, 1.54) is 29.3 Å². The third-order valence-corrected chi connectivity index (χ3v) is 5.74. The standard InChI is InChI=1S/C24H28FN5O/c1-17(2)19-8-6-18(7-9-19)16-29-11-10-22-27-28-23(30(22)13-12-29)15-26-24(31)20-4-3-5-21(25)14-20/h3-9,14,17H,10-13,15-16H2,1-2H3,(H,26,31). The van der Waals surface area contributed by atoms with Gasteiger partial charge in [-0.2, -0.15) is 0 Å². The Morgan fingerprint density at radius 1 is 1.10 bits per heavy atom. The van der Waals surface area contributed by atoms with Gasteiger partial charge in [-0.15, -0.1) is 10.2 Å². The molecule has 2 heterocycles. The van der Waals surface area contributed by atoms with Crippen LogP contribution in [0, 0.1) is 5.82 Å². The van der Waals surface area contributed by atoms with Crippen LogP contribution >= 0.6 is 0 Å². The molecule has 1 N–H and O–H groups in total. The highest BCUT2D eigenvalue weighted by Crippen LogP contribution is 2.17. The Hall–Kier alpha value is -3.06. The first-order chi connectivity index (χ1) is 15.0. The van der Waals surface area contributed by atoms with Crippen LogP contribution in [-0.2, 0) is 26.1 Å². The monoisotopic (exact) mass is 421 g/mol. The minimum absolute atomic E-state index is 0.263. The lowest BCUT2D eigenvalue weighted by atomic mass is 10.0. The average molecular weight is 422 g/mol. The van der Waals surface area contributed by atoms with Crippen molar-refractivity contribution in [2.24, 2.45) is 0 Å². The Kier molecular flexibility index (Phi) is 6.42. The van der Waals surface area contributed by atoms with E-state index in [4.69, 9.17) is 0 Å². The zero-order valence-corrected chi connectivity index (χ0v) is 18.0. The first-order valence-corrected chi connectivity index (χ1v) is 10.8. The largest absolute Gasteiger partial charge is 0.345 e. The SMILES string of the molecule is CC(C)c1ccc(CN2CCc3nnc(CNC(=O)c4cccc(F)c4)n3CC2)cc1. The molecule has 0 atom stereocenters. The third-order valence-electron chi connectivity index (χ3n) is 5.74. The summed E-state index contributed by atoms with van der Waals surface area (Å²) in [6, 6.07) is 14.5. The maximum Gasteiger partial charge on any atom is 0.251 e. The molecular formula is C24H28FN5O. The molecule has 0 radical (unpaired) electrons. The number of benzene rings is 2. The zero-order chi connectivity index (χ0) is 21.8. The van der Waals surface area contributed by atoms with Crippen molar-refractivity contribution >= 4 is 5.91 Å². The highest BCUT2D eigenvalue weighted by Gasteiger charge is 2.19. The third kappa shape index (κ3) is 5.17. The minimum Gasteiger partial charge on any atom is -0.345 e. The number of nitrogens with one attached hydrogen (secondary N) is 1. The molecule has 0 saturated carbocycles. The van der Waals surface area contributed by atoms with E-state index in [0.29, 0.717) is 11.5 Å². The van der Waals surface area contributed by atoms with Gasteiger partial charge in [-0.3, -0.25) is 9.69 Å². The van der Waals surface area contributed by atoms with Gasteiger partial charge in [0.2, 0.25) is 0 Å². The van der Waals surface area contributed by atoms with E-state index in [9.17, 15) is 9.18 Å². The quantitative estimate of drug-likeness (QED) is 0.661. The van der Waals surface area contributed by atoms with Crippen molar-refractivity contribution in [1.82, 2.24) is 25.0 Å². The molecule has 1 aromatic heterocycles. The number of rotatable bonds is 6. The molecule has 4 rings (SSSR count). The number of carbonyl (C=O) groups excluding carboxylic acids is 1. The number of nitrogens with zero attached hydrogens (tertiary/aromatic N) is 4. The summed E-state index contributed by atoms with van der Waals surface area (Å²) in [6.45, 7) is 8.16. The highest BCUT2D eigenvalue weighted by atomic mass is 19.1. The van der Waals surface area contributed by atoms with E-state index < -0.39 is 5.82 Å². The van der Waals surface area contributed by atoms with Crippen LogP contribution in [0.5, 0.6) is 0 Å². The summed E-state index contributed by atoms with van der Waals surface area (Å²) in [5, 5.41) is 11.4. The summed E-state index contributed by atoms with van der Waals surface area (Å²) in [7, 11) is 0. The van der Waals surface area contributed by atoms with Crippen LogP contribution in [0.25, 0.3) is 0 Å². The van der Waals surface area contributed by atoms with Gasteiger partial charge in [0.05, 0.1) is 6.54 Å². The second-order valence-electron chi connectivity index (χ2n) is 8.30. The van der Waals surface area contributed by atoms with Crippen molar-refractivity contribution in [3.8, 4) is 0 Å². The van der Waals surface area contributed by atoms with E-state index in [1.54, 1.807) is 6.07 Å². The number of aromatic nitrogens is 3. The summed E-state index contributed by atoms with van der Waals surface area (Å²) in [4.78, 5) is 14.7. The molecule has 31 heavy (non-hydrogen) atoms. The fourth-order valence-electron chi connectivity index (χ4n) is 3.87. The van der Waals surface area contributed by atoms with E-state index in [2.05, 4.69) is 63.1 Å². The molecule has 7 heteroatoms. The fraction of sp³-hybridized carbons (Fsp3) is 0.375. The summed E-state index contributed by atoms with van der Waals surface area (Å²) < 4.78 is 15.4. The van der Waals surface area contributed by atoms with Gasteiger partial charge < -0.3 is 9.88 Å². The zero-order valence-electron chi connectivity index (χ0n) is 18.0. The summed E-state index contributed by atoms with van der Waals surface area (Å²) in [5.74, 6) is 1.45.